The predicted molar refractivity (Wildman–Crippen MR) is 69.7 cm³/mol. The van der Waals surface area contributed by atoms with Crippen molar-refractivity contribution in [2.24, 2.45) is 12.8 Å². The van der Waals surface area contributed by atoms with Gasteiger partial charge in [0.05, 0.1) is 12.2 Å². The highest BCUT2D eigenvalue weighted by molar-refractivity contribution is 5.77. The minimum atomic E-state index is -0.285. The molecule has 3 N–H and O–H groups in total. The standard InChI is InChI=1S/C13H22N4O/c1-17-8-5-11(16-17)10-15-12(18)9-13(14)6-3-2-4-7-13/h5,8H,2-4,6-7,9-10,14H2,1H3,(H,15,18). The summed E-state index contributed by atoms with van der Waals surface area (Å²) in [7, 11) is 1.86. The molecule has 1 aliphatic carbocycles. The zero-order valence-electron chi connectivity index (χ0n) is 11.0. The number of hydrogen-bond donors (Lipinski definition) is 2. The molecule has 0 bridgehead atoms. The number of hydrogen-bond acceptors (Lipinski definition) is 3. The Bertz CT molecular complexity index is 407. The fourth-order valence-electron chi connectivity index (χ4n) is 2.56. The van der Waals surface area contributed by atoms with Crippen LogP contribution in [0, 0.1) is 0 Å². The van der Waals surface area contributed by atoms with Gasteiger partial charge in [0, 0.05) is 25.2 Å². The van der Waals surface area contributed by atoms with Crippen LogP contribution in [-0.4, -0.2) is 21.2 Å². The van der Waals surface area contributed by atoms with Crippen LogP contribution in [0.5, 0.6) is 0 Å². The number of aryl methyl sites for hydroxylation is 1. The van der Waals surface area contributed by atoms with Crippen molar-refractivity contribution in [2.45, 2.75) is 50.6 Å². The Kier molecular flexibility index (Phi) is 4.01. The van der Waals surface area contributed by atoms with Gasteiger partial charge in [-0.15, -0.1) is 0 Å². The number of nitrogens with zero attached hydrogens (tertiary/aromatic N) is 2. The van der Waals surface area contributed by atoms with Gasteiger partial charge in [-0.2, -0.15) is 5.10 Å². The maximum absolute atomic E-state index is 11.9. The van der Waals surface area contributed by atoms with E-state index in [-0.39, 0.29) is 11.4 Å². The van der Waals surface area contributed by atoms with Gasteiger partial charge in [0.25, 0.3) is 0 Å². The lowest BCUT2D eigenvalue weighted by Crippen LogP contribution is -2.45. The summed E-state index contributed by atoms with van der Waals surface area (Å²) in [6.07, 6.45) is 7.75. The number of carbonyl (C=O) groups is 1. The lowest BCUT2D eigenvalue weighted by atomic mass is 9.80. The molecule has 1 amide bonds. The van der Waals surface area contributed by atoms with Crippen LogP contribution in [-0.2, 0) is 18.4 Å². The van der Waals surface area contributed by atoms with E-state index in [1.54, 1.807) is 4.68 Å². The molecule has 5 heteroatoms. The summed E-state index contributed by atoms with van der Waals surface area (Å²) in [5, 5.41) is 7.11. The smallest absolute Gasteiger partial charge is 0.222 e. The van der Waals surface area contributed by atoms with E-state index in [0.29, 0.717) is 13.0 Å². The van der Waals surface area contributed by atoms with Crippen molar-refractivity contribution in [1.29, 1.82) is 0 Å². The van der Waals surface area contributed by atoms with E-state index in [2.05, 4.69) is 10.4 Å². The van der Waals surface area contributed by atoms with Gasteiger partial charge >= 0.3 is 0 Å². The van der Waals surface area contributed by atoms with E-state index in [1.807, 2.05) is 19.3 Å². The predicted octanol–water partition coefficient (Wildman–Crippen LogP) is 1.09. The fraction of sp³-hybridized carbons (Fsp3) is 0.692. The largest absolute Gasteiger partial charge is 0.350 e. The number of nitrogens with two attached hydrogens (primary N) is 1. The van der Waals surface area contributed by atoms with Crippen LogP contribution in [0.4, 0.5) is 0 Å². The second-order valence-electron chi connectivity index (χ2n) is 5.36. The first-order valence-electron chi connectivity index (χ1n) is 6.62. The van der Waals surface area contributed by atoms with Gasteiger partial charge in [0.15, 0.2) is 0 Å². The molecule has 0 saturated heterocycles. The molecule has 18 heavy (non-hydrogen) atoms. The molecule has 5 nitrogen and oxygen atoms in total. The summed E-state index contributed by atoms with van der Waals surface area (Å²) in [6, 6.07) is 1.90. The third-order valence-corrected chi connectivity index (χ3v) is 3.60. The highest BCUT2D eigenvalue weighted by Gasteiger charge is 2.29. The molecule has 0 unspecified atom stereocenters. The van der Waals surface area contributed by atoms with Crippen molar-refractivity contribution < 1.29 is 4.79 Å². The van der Waals surface area contributed by atoms with Crippen molar-refractivity contribution >= 4 is 5.91 Å². The number of rotatable bonds is 4. The molecule has 0 spiro atoms. The first kappa shape index (κ1) is 13.1. The summed E-state index contributed by atoms with van der Waals surface area (Å²) < 4.78 is 1.73. The quantitative estimate of drug-likeness (QED) is 0.840. The monoisotopic (exact) mass is 250 g/mol. The second kappa shape index (κ2) is 5.52. The Morgan fingerprint density at radius 2 is 2.22 bits per heavy atom. The molecule has 1 aliphatic rings. The van der Waals surface area contributed by atoms with Crippen molar-refractivity contribution in [3.8, 4) is 0 Å². The molecule has 0 radical (unpaired) electrons. The molecule has 1 fully saturated rings. The Morgan fingerprint density at radius 3 is 2.83 bits per heavy atom. The lowest BCUT2D eigenvalue weighted by Gasteiger charge is -2.32. The topological polar surface area (TPSA) is 72.9 Å². The Hall–Kier alpha value is -1.36. The van der Waals surface area contributed by atoms with Gasteiger partial charge < -0.3 is 11.1 Å². The molecule has 0 atom stereocenters. The first-order valence-corrected chi connectivity index (χ1v) is 6.62. The zero-order valence-corrected chi connectivity index (χ0v) is 11.0. The third kappa shape index (κ3) is 3.57. The minimum absolute atomic E-state index is 0.0325. The number of amides is 1. The molecule has 2 rings (SSSR count). The Balaban J connectivity index is 1.78. The lowest BCUT2D eigenvalue weighted by molar-refractivity contribution is -0.122. The van der Waals surface area contributed by atoms with Crippen LogP contribution in [0.15, 0.2) is 12.3 Å². The molecule has 1 heterocycles. The van der Waals surface area contributed by atoms with Gasteiger partial charge in [0.1, 0.15) is 0 Å². The summed E-state index contributed by atoms with van der Waals surface area (Å²) >= 11 is 0. The highest BCUT2D eigenvalue weighted by Crippen LogP contribution is 2.28. The van der Waals surface area contributed by atoms with Gasteiger partial charge in [-0.25, -0.2) is 0 Å². The average molecular weight is 250 g/mol. The normalized spacial score (nSPS) is 18.6. The fourth-order valence-corrected chi connectivity index (χ4v) is 2.56. The third-order valence-electron chi connectivity index (χ3n) is 3.60. The van der Waals surface area contributed by atoms with E-state index in [4.69, 9.17) is 5.73 Å². The van der Waals surface area contributed by atoms with E-state index >= 15 is 0 Å². The van der Waals surface area contributed by atoms with Crippen molar-refractivity contribution in [3.05, 3.63) is 18.0 Å². The van der Waals surface area contributed by atoms with Gasteiger partial charge in [0.2, 0.25) is 5.91 Å². The van der Waals surface area contributed by atoms with Gasteiger partial charge in [-0.3, -0.25) is 9.48 Å². The van der Waals surface area contributed by atoms with E-state index in [1.165, 1.54) is 6.42 Å². The van der Waals surface area contributed by atoms with Crippen LogP contribution in [0.25, 0.3) is 0 Å². The molecule has 1 aromatic heterocycles. The first-order chi connectivity index (χ1) is 8.57. The van der Waals surface area contributed by atoms with E-state index in [0.717, 1.165) is 31.4 Å². The Morgan fingerprint density at radius 1 is 1.50 bits per heavy atom. The van der Waals surface area contributed by atoms with Crippen molar-refractivity contribution in [1.82, 2.24) is 15.1 Å². The second-order valence-corrected chi connectivity index (χ2v) is 5.36. The van der Waals surface area contributed by atoms with Gasteiger partial charge in [-0.1, -0.05) is 19.3 Å². The van der Waals surface area contributed by atoms with Crippen molar-refractivity contribution in [2.75, 3.05) is 0 Å². The summed E-state index contributed by atoms with van der Waals surface area (Å²) in [4.78, 5) is 11.9. The molecule has 1 saturated carbocycles. The summed E-state index contributed by atoms with van der Waals surface area (Å²) in [5.74, 6) is 0.0325. The van der Waals surface area contributed by atoms with Crippen LogP contribution in [0.2, 0.25) is 0 Å². The number of aromatic nitrogens is 2. The molecular formula is C13H22N4O. The number of carbonyl (C=O) groups excluding carboxylic acids is 1. The molecule has 0 aromatic carbocycles. The van der Waals surface area contributed by atoms with E-state index < -0.39 is 0 Å². The SMILES string of the molecule is Cn1ccc(CNC(=O)CC2(N)CCCCC2)n1. The highest BCUT2D eigenvalue weighted by atomic mass is 16.1. The minimum Gasteiger partial charge on any atom is -0.350 e. The summed E-state index contributed by atoms with van der Waals surface area (Å²) in [5.41, 5.74) is 6.84. The maximum Gasteiger partial charge on any atom is 0.222 e. The summed E-state index contributed by atoms with van der Waals surface area (Å²) in [6.45, 7) is 0.482. The average Bonchev–Trinajstić information content (AvgIpc) is 2.73. The van der Waals surface area contributed by atoms with E-state index in [9.17, 15) is 4.79 Å². The Labute approximate surface area is 108 Å². The van der Waals surface area contributed by atoms with Crippen LogP contribution >= 0.6 is 0 Å². The van der Waals surface area contributed by atoms with Crippen molar-refractivity contribution in [3.63, 3.8) is 0 Å². The number of nitrogens with one attached hydrogen (secondary N) is 1. The molecular weight excluding hydrogens is 228 g/mol. The molecule has 100 valence electrons. The maximum atomic E-state index is 11.9. The van der Waals surface area contributed by atoms with Gasteiger partial charge in [-0.05, 0) is 18.9 Å². The molecule has 0 aliphatic heterocycles. The van der Waals surface area contributed by atoms with Crippen LogP contribution in [0.1, 0.15) is 44.2 Å². The van der Waals surface area contributed by atoms with Crippen LogP contribution < -0.4 is 11.1 Å². The zero-order chi connectivity index (χ0) is 13.0. The van der Waals surface area contributed by atoms with Crippen LogP contribution in [0.3, 0.4) is 0 Å². The molecule has 1 aromatic rings.